The monoisotopic (exact) mass is 269 g/mol. The van der Waals surface area contributed by atoms with Gasteiger partial charge < -0.3 is 4.55 Å². The van der Waals surface area contributed by atoms with Crippen LogP contribution in [0.5, 0.6) is 0 Å². The molecule has 0 amide bonds. The van der Waals surface area contributed by atoms with E-state index >= 15 is 0 Å². The van der Waals surface area contributed by atoms with Crippen molar-refractivity contribution in [1.29, 1.82) is 0 Å². The summed E-state index contributed by atoms with van der Waals surface area (Å²) >= 11 is -1.39. The maximum atomic E-state index is 11.8. The summed E-state index contributed by atoms with van der Waals surface area (Å²) in [6.45, 7) is 7.09. The summed E-state index contributed by atoms with van der Waals surface area (Å²) in [7, 11) is 0. The van der Waals surface area contributed by atoms with Crippen LogP contribution in [0.4, 0.5) is 5.69 Å². The Morgan fingerprint density at radius 2 is 2.06 bits per heavy atom. The molecule has 0 aromatic carbocycles. The first-order chi connectivity index (χ1) is 8.21. The topological polar surface area (TPSA) is 91.5 Å². The molecule has 0 aliphatic rings. The Balaban J connectivity index is 3.04. The van der Waals surface area contributed by atoms with Crippen LogP contribution in [0, 0.1) is 10.1 Å². The lowest BCUT2D eigenvalue weighted by atomic mass is 10.2. The molecule has 0 spiro atoms. The van der Waals surface area contributed by atoms with Gasteiger partial charge in [0.25, 0.3) is 5.69 Å². The van der Waals surface area contributed by atoms with E-state index in [9.17, 15) is 14.7 Å². The second-order valence-electron chi connectivity index (χ2n) is 4.73. The first kappa shape index (κ1) is 14.6. The van der Waals surface area contributed by atoms with Crippen molar-refractivity contribution in [3.8, 4) is 0 Å². The lowest BCUT2D eigenvalue weighted by Crippen LogP contribution is -2.26. The largest absolute Gasteiger partial charge is 0.591 e. The van der Waals surface area contributed by atoms with E-state index in [-0.39, 0.29) is 5.69 Å². The molecule has 0 saturated carbocycles. The summed E-state index contributed by atoms with van der Waals surface area (Å²) in [5.74, 6) is 0. The molecular weight excluding hydrogens is 254 g/mol. The number of hydrogen-bond donors (Lipinski definition) is 0. The quantitative estimate of drug-likeness (QED) is 0.364. The number of aromatic nitrogens is 1. The summed E-state index contributed by atoms with van der Waals surface area (Å²) in [6, 6.07) is 1.37. The Bertz CT molecular complexity index is 483. The van der Waals surface area contributed by atoms with Gasteiger partial charge in [-0.1, -0.05) is 4.40 Å². The average molecular weight is 269 g/mol. The highest BCUT2D eigenvalue weighted by Crippen LogP contribution is 2.19. The molecule has 0 aliphatic heterocycles. The van der Waals surface area contributed by atoms with Crippen molar-refractivity contribution in [1.82, 2.24) is 4.98 Å². The highest BCUT2D eigenvalue weighted by molar-refractivity contribution is 7.91. The van der Waals surface area contributed by atoms with Crippen molar-refractivity contribution in [2.45, 2.75) is 32.4 Å². The van der Waals surface area contributed by atoms with Gasteiger partial charge in [-0.3, -0.25) is 15.1 Å². The zero-order valence-corrected chi connectivity index (χ0v) is 11.5. The SMILES string of the molecule is CC(=N[S+]([O-])C(C)(C)C)c1cncc([N+](=O)[O-])c1. The fourth-order valence-electron chi connectivity index (χ4n) is 1.04. The molecule has 6 nitrogen and oxygen atoms in total. The molecule has 1 unspecified atom stereocenters. The molecule has 1 heterocycles. The third-order valence-corrected chi connectivity index (χ3v) is 3.58. The van der Waals surface area contributed by atoms with Crippen LogP contribution in [0.2, 0.25) is 0 Å². The maximum Gasteiger partial charge on any atom is 0.288 e. The van der Waals surface area contributed by atoms with E-state index < -0.39 is 21.0 Å². The highest BCUT2D eigenvalue weighted by Gasteiger charge is 2.27. The Kier molecular flexibility index (Phi) is 4.42. The molecule has 1 atom stereocenters. The van der Waals surface area contributed by atoms with E-state index in [1.807, 2.05) is 20.8 Å². The lowest BCUT2D eigenvalue weighted by Gasteiger charge is -2.18. The first-order valence-corrected chi connectivity index (χ1v) is 6.39. The summed E-state index contributed by atoms with van der Waals surface area (Å²) in [6.07, 6.45) is 2.63. The second-order valence-corrected chi connectivity index (χ2v) is 6.63. The van der Waals surface area contributed by atoms with Crippen LogP contribution < -0.4 is 0 Å². The normalized spacial score (nSPS) is 14.4. The standard InChI is InChI=1S/C11H15N3O3S/c1-8(13-18(17)11(2,3)4)9-5-10(14(15)16)7-12-6-9/h5-7H,1-4H3. The third-order valence-electron chi connectivity index (χ3n) is 2.10. The summed E-state index contributed by atoms with van der Waals surface area (Å²) in [5.41, 5.74) is 0.866. The van der Waals surface area contributed by atoms with E-state index in [1.165, 1.54) is 12.3 Å². The van der Waals surface area contributed by atoms with Gasteiger partial charge in [-0.05, 0) is 27.7 Å². The smallest absolute Gasteiger partial charge is 0.288 e. The van der Waals surface area contributed by atoms with E-state index in [1.54, 1.807) is 6.92 Å². The van der Waals surface area contributed by atoms with Crippen molar-refractivity contribution in [3.63, 3.8) is 0 Å². The molecule has 0 saturated heterocycles. The highest BCUT2D eigenvalue weighted by atomic mass is 32.2. The van der Waals surface area contributed by atoms with Gasteiger partial charge in [0.2, 0.25) is 0 Å². The molecule has 18 heavy (non-hydrogen) atoms. The minimum atomic E-state index is -1.39. The van der Waals surface area contributed by atoms with Gasteiger partial charge in [-0.25, -0.2) is 0 Å². The number of nitrogens with zero attached hydrogens (tertiary/aromatic N) is 3. The van der Waals surface area contributed by atoms with Gasteiger partial charge in [0, 0.05) is 17.8 Å². The van der Waals surface area contributed by atoms with Crippen molar-refractivity contribution in [2.24, 2.45) is 4.40 Å². The van der Waals surface area contributed by atoms with Gasteiger partial charge >= 0.3 is 0 Å². The molecule has 0 radical (unpaired) electrons. The van der Waals surface area contributed by atoms with E-state index in [2.05, 4.69) is 9.38 Å². The van der Waals surface area contributed by atoms with Crippen LogP contribution in [0.15, 0.2) is 22.9 Å². The first-order valence-electron chi connectivity index (χ1n) is 5.29. The Morgan fingerprint density at radius 1 is 1.44 bits per heavy atom. The van der Waals surface area contributed by atoms with Crippen molar-refractivity contribution < 1.29 is 9.48 Å². The van der Waals surface area contributed by atoms with Crippen molar-refractivity contribution >= 4 is 22.8 Å². The number of pyridine rings is 1. The number of nitro groups is 1. The van der Waals surface area contributed by atoms with Crippen LogP contribution in [0.1, 0.15) is 33.3 Å². The van der Waals surface area contributed by atoms with Crippen molar-refractivity contribution in [2.75, 3.05) is 0 Å². The molecule has 0 fully saturated rings. The van der Waals surface area contributed by atoms with Crippen LogP contribution in [0.25, 0.3) is 0 Å². The summed E-state index contributed by atoms with van der Waals surface area (Å²) < 4.78 is 15.4. The van der Waals surface area contributed by atoms with Gasteiger partial charge in [0.05, 0.1) is 10.6 Å². The molecule has 1 aromatic rings. The fraction of sp³-hybridized carbons (Fsp3) is 0.455. The molecule has 98 valence electrons. The summed E-state index contributed by atoms with van der Waals surface area (Å²) in [4.78, 5) is 13.9. The van der Waals surface area contributed by atoms with E-state index in [4.69, 9.17) is 0 Å². The van der Waals surface area contributed by atoms with Crippen molar-refractivity contribution in [3.05, 3.63) is 34.1 Å². The lowest BCUT2D eigenvalue weighted by molar-refractivity contribution is -0.385. The Morgan fingerprint density at radius 3 is 2.56 bits per heavy atom. The average Bonchev–Trinajstić information content (AvgIpc) is 2.27. The molecule has 1 rings (SSSR count). The van der Waals surface area contributed by atoms with Crippen LogP contribution in [0.3, 0.4) is 0 Å². The predicted octanol–water partition coefficient (Wildman–Crippen LogP) is 2.26. The fourth-order valence-corrected chi connectivity index (χ4v) is 1.67. The Labute approximate surface area is 109 Å². The molecular formula is C11H15N3O3S. The molecule has 0 aliphatic carbocycles. The van der Waals surface area contributed by atoms with Gasteiger partial charge in [0.15, 0.2) is 0 Å². The van der Waals surface area contributed by atoms with E-state index in [0.717, 1.165) is 6.20 Å². The molecule has 7 heteroatoms. The molecule has 0 N–H and O–H groups in total. The minimum absolute atomic E-state index is 0.108. The van der Waals surface area contributed by atoms with Gasteiger partial charge in [0.1, 0.15) is 22.3 Å². The zero-order valence-electron chi connectivity index (χ0n) is 10.7. The zero-order chi connectivity index (χ0) is 13.9. The second kappa shape index (κ2) is 5.45. The predicted molar refractivity (Wildman–Crippen MR) is 71.0 cm³/mol. The molecule has 1 aromatic heterocycles. The van der Waals surface area contributed by atoms with Crippen LogP contribution >= 0.6 is 0 Å². The van der Waals surface area contributed by atoms with E-state index in [0.29, 0.717) is 11.3 Å². The Hall–Kier alpha value is -1.47. The number of hydrogen-bond acceptors (Lipinski definition) is 5. The van der Waals surface area contributed by atoms with Crippen LogP contribution in [-0.2, 0) is 11.4 Å². The van der Waals surface area contributed by atoms with Gasteiger partial charge in [-0.15, -0.1) is 0 Å². The minimum Gasteiger partial charge on any atom is -0.591 e. The van der Waals surface area contributed by atoms with Gasteiger partial charge in [-0.2, -0.15) is 0 Å². The third kappa shape index (κ3) is 3.78. The number of rotatable bonds is 3. The van der Waals surface area contributed by atoms with Crippen LogP contribution in [-0.4, -0.2) is 24.9 Å². The molecule has 0 bridgehead atoms. The maximum absolute atomic E-state index is 11.8. The summed E-state index contributed by atoms with van der Waals surface area (Å²) in [5, 5.41) is 10.6.